The lowest BCUT2D eigenvalue weighted by Gasteiger charge is -2.25. The van der Waals surface area contributed by atoms with Gasteiger partial charge in [0.15, 0.2) is 5.13 Å². The monoisotopic (exact) mass is 427 g/mol. The smallest absolute Gasteiger partial charge is 0.406 e. The molecular formula is C18H16F3N3O2S2. The molecule has 1 amide bonds. The molecule has 3 heterocycles. The summed E-state index contributed by atoms with van der Waals surface area (Å²) in [6.45, 7) is 2.03. The zero-order chi connectivity index (χ0) is 19.7. The number of fused-ring (bicyclic) bond motifs is 1. The molecule has 0 radical (unpaired) electrons. The van der Waals surface area contributed by atoms with Gasteiger partial charge in [-0.15, -0.1) is 24.5 Å². The van der Waals surface area contributed by atoms with Crippen LogP contribution in [0, 0.1) is 0 Å². The molecule has 0 unspecified atom stereocenters. The van der Waals surface area contributed by atoms with E-state index in [1.165, 1.54) is 42.7 Å². The molecule has 0 aliphatic carbocycles. The number of rotatable bonds is 4. The fourth-order valence-electron chi connectivity index (χ4n) is 2.99. The van der Waals surface area contributed by atoms with E-state index in [1.54, 1.807) is 11.3 Å². The first kappa shape index (κ1) is 19.0. The molecule has 1 fully saturated rings. The summed E-state index contributed by atoms with van der Waals surface area (Å²) in [7, 11) is 0. The number of carbonyl (C=O) groups excluding carboxylic acids is 1. The second-order valence-electron chi connectivity index (χ2n) is 6.35. The van der Waals surface area contributed by atoms with E-state index >= 15 is 0 Å². The SMILES string of the molecule is O=C(Nc1ccc(OC(F)(F)F)cc1)c1cc2sc(N3CCCCC3)nc2s1. The number of piperidine rings is 1. The standard InChI is InChI=1S/C18H16F3N3O2S2/c19-18(20,21)26-12-6-4-11(5-7-12)22-15(25)13-10-14-16(27-13)23-17(28-14)24-8-2-1-3-9-24/h4-7,10H,1-3,8-9H2,(H,22,25). The Bertz CT molecular complexity index is 945. The minimum atomic E-state index is -4.74. The van der Waals surface area contributed by atoms with Gasteiger partial charge in [-0.25, -0.2) is 4.98 Å². The Balaban J connectivity index is 1.43. The van der Waals surface area contributed by atoms with E-state index in [0.717, 1.165) is 39.9 Å². The number of aromatic nitrogens is 1. The maximum absolute atomic E-state index is 12.4. The number of hydrogen-bond acceptors (Lipinski definition) is 6. The molecule has 28 heavy (non-hydrogen) atoms. The molecule has 3 aromatic rings. The van der Waals surface area contributed by atoms with Gasteiger partial charge in [0.1, 0.15) is 10.6 Å². The predicted molar refractivity (Wildman–Crippen MR) is 105 cm³/mol. The third kappa shape index (κ3) is 4.39. The van der Waals surface area contributed by atoms with Crippen LogP contribution in [0.5, 0.6) is 5.75 Å². The predicted octanol–water partition coefficient (Wildman–Crippen LogP) is 5.50. The molecule has 1 saturated heterocycles. The highest BCUT2D eigenvalue weighted by Gasteiger charge is 2.31. The van der Waals surface area contributed by atoms with Gasteiger partial charge in [-0.2, -0.15) is 0 Å². The number of thiophene rings is 1. The normalized spacial score (nSPS) is 15.0. The number of nitrogens with zero attached hydrogens (tertiary/aromatic N) is 2. The molecule has 1 aliphatic heterocycles. The van der Waals surface area contributed by atoms with Crippen molar-refractivity contribution in [1.29, 1.82) is 0 Å². The Morgan fingerprint density at radius 1 is 1.11 bits per heavy atom. The van der Waals surface area contributed by atoms with Crippen LogP contribution >= 0.6 is 22.7 Å². The van der Waals surface area contributed by atoms with Crippen LogP contribution in [0.1, 0.15) is 28.9 Å². The van der Waals surface area contributed by atoms with Gasteiger partial charge in [0.05, 0.1) is 9.58 Å². The molecule has 10 heteroatoms. The van der Waals surface area contributed by atoms with Crippen LogP contribution in [-0.2, 0) is 0 Å². The number of thiazole rings is 1. The molecular weight excluding hydrogens is 411 g/mol. The van der Waals surface area contributed by atoms with Crippen LogP contribution in [0.15, 0.2) is 30.3 Å². The van der Waals surface area contributed by atoms with E-state index in [9.17, 15) is 18.0 Å². The number of alkyl halides is 3. The van der Waals surface area contributed by atoms with Gasteiger partial charge in [-0.1, -0.05) is 11.3 Å². The molecule has 0 atom stereocenters. The first-order chi connectivity index (χ1) is 13.4. The topological polar surface area (TPSA) is 54.5 Å². The Morgan fingerprint density at radius 3 is 2.46 bits per heavy atom. The van der Waals surface area contributed by atoms with Crippen molar-refractivity contribution in [3.05, 3.63) is 35.2 Å². The lowest BCUT2D eigenvalue weighted by Crippen LogP contribution is -2.29. The molecule has 1 aromatic carbocycles. The van der Waals surface area contributed by atoms with Crippen LogP contribution in [0.3, 0.4) is 0 Å². The van der Waals surface area contributed by atoms with Crippen LogP contribution in [0.25, 0.3) is 9.53 Å². The summed E-state index contributed by atoms with van der Waals surface area (Å²) < 4.78 is 41.4. The van der Waals surface area contributed by atoms with Crippen molar-refractivity contribution < 1.29 is 22.7 Å². The van der Waals surface area contributed by atoms with Crippen molar-refractivity contribution in [2.75, 3.05) is 23.3 Å². The van der Waals surface area contributed by atoms with Crippen LogP contribution in [0.4, 0.5) is 24.0 Å². The summed E-state index contributed by atoms with van der Waals surface area (Å²) in [6, 6.07) is 6.84. The first-order valence-corrected chi connectivity index (χ1v) is 10.3. The number of nitrogens with one attached hydrogen (secondary N) is 1. The van der Waals surface area contributed by atoms with Crippen molar-refractivity contribution in [2.45, 2.75) is 25.6 Å². The highest BCUT2D eigenvalue weighted by Crippen LogP contribution is 2.36. The zero-order valence-corrected chi connectivity index (χ0v) is 16.2. The van der Waals surface area contributed by atoms with E-state index in [1.807, 2.05) is 6.07 Å². The maximum Gasteiger partial charge on any atom is 0.573 e. The van der Waals surface area contributed by atoms with E-state index in [-0.39, 0.29) is 11.7 Å². The third-order valence-corrected chi connectivity index (χ3v) is 6.49. The number of carbonyl (C=O) groups is 1. The molecule has 1 aliphatic rings. The van der Waals surface area contributed by atoms with Gasteiger partial charge in [0.25, 0.3) is 5.91 Å². The number of halogens is 3. The molecule has 0 spiro atoms. The van der Waals surface area contributed by atoms with Crippen molar-refractivity contribution in [3.8, 4) is 5.75 Å². The number of anilines is 2. The van der Waals surface area contributed by atoms with E-state index in [4.69, 9.17) is 0 Å². The Hall–Kier alpha value is -2.33. The molecule has 0 bridgehead atoms. The lowest BCUT2D eigenvalue weighted by molar-refractivity contribution is -0.274. The van der Waals surface area contributed by atoms with E-state index in [0.29, 0.717) is 10.6 Å². The van der Waals surface area contributed by atoms with E-state index < -0.39 is 6.36 Å². The number of benzene rings is 1. The third-order valence-electron chi connectivity index (χ3n) is 4.27. The quantitative estimate of drug-likeness (QED) is 0.598. The summed E-state index contributed by atoms with van der Waals surface area (Å²) in [6.07, 6.45) is -1.14. The summed E-state index contributed by atoms with van der Waals surface area (Å²) in [4.78, 5) is 20.7. The molecule has 1 N–H and O–H groups in total. The van der Waals surface area contributed by atoms with E-state index in [2.05, 4.69) is 19.9 Å². The molecule has 148 valence electrons. The zero-order valence-electron chi connectivity index (χ0n) is 14.6. The van der Waals surface area contributed by atoms with Crippen LogP contribution in [-0.4, -0.2) is 30.3 Å². The highest BCUT2D eigenvalue weighted by molar-refractivity contribution is 7.29. The number of ether oxygens (including phenoxy) is 1. The van der Waals surface area contributed by atoms with Gasteiger partial charge >= 0.3 is 6.36 Å². The van der Waals surface area contributed by atoms with Gasteiger partial charge in [0.2, 0.25) is 0 Å². The van der Waals surface area contributed by atoms with Crippen molar-refractivity contribution in [3.63, 3.8) is 0 Å². The van der Waals surface area contributed by atoms with Crippen LogP contribution < -0.4 is 15.0 Å². The first-order valence-electron chi connectivity index (χ1n) is 8.70. The minimum absolute atomic E-state index is 0.320. The summed E-state index contributed by atoms with van der Waals surface area (Å²) in [5, 5.41) is 3.67. The minimum Gasteiger partial charge on any atom is -0.406 e. The lowest BCUT2D eigenvalue weighted by atomic mass is 10.1. The largest absolute Gasteiger partial charge is 0.573 e. The average molecular weight is 427 g/mol. The fourth-order valence-corrected chi connectivity index (χ4v) is 5.15. The highest BCUT2D eigenvalue weighted by atomic mass is 32.1. The summed E-state index contributed by atoms with van der Waals surface area (Å²) in [5.74, 6) is -0.657. The number of amides is 1. The van der Waals surface area contributed by atoms with Crippen molar-refractivity contribution in [1.82, 2.24) is 4.98 Å². The maximum atomic E-state index is 12.4. The fraction of sp³-hybridized carbons (Fsp3) is 0.333. The molecule has 2 aromatic heterocycles. The van der Waals surface area contributed by atoms with Gasteiger partial charge in [-0.05, 0) is 49.6 Å². The summed E-state index contributed by atoms with van der Waals surface area (Å²) in [5.41, 5.74) is 0.387. The van der Waals surface area contributed by atoms with Crippen LogP contribution in [0.2, 0.25) is 0 Å². The Morgan fingerprint density at radius 2 is 1.82 bits per heavy atom. The summed E-state index contributed by atoms with van der Waals surface area (Å²) >= 11 is 2.89. The second kappa shape index (κ2) is 7.59. The Labute approximate surface area is 166 Å². The van der Waals surface area contributed by atoms with Gasteiger partial charge in [0, 0.05) is 18.8 Å². The number of hydrogen-bond donors (Lipinski definition) is 1. The van der Waals surface area contributed by atoms with Crippen molar-refractivity contribution in [2.24, 2.45) is 0 Å². The molecule has 4 rings (SSSR count). The molecule has 5 nitrogen and oxygen atoms in total. The second-order valence-corrected chi connectivity index (χ2v) is 8.39. The Kier molecular flexibility index (Phi) is 5.15. The molecule has 0 saturated carbocycles. The van der Waals surface area contributed by atoms with Gasteiger partial charge < -0.3 is 15.0 Å². The average Bonchev–Trinajstić information content (AvgIpc) is 3.22. The van der Waals surface area contributed by atoms with Crippen molar-refractivity contribution >= 4 is 48.9 Å². The van der Waals surface area contributed by atoms with Gasteiger partial charge in [-0.3, -0.25) is 4.79 Å².